The molecule has 0 atom stereocenters. The lowest BCUT2D eigenvalue weighted by molar-refractivity contribution is 1.16. The average molecular weight is 399 g/mol. The smallest absolute Gasteiger partial charge is 0.101 e. The molecule has 0 saturated carbocycles. The molecule has 0 bridgehead atoms. The number of fused-ring (bicyclic) bond motifs is 7. The van der Waals surface area contributed by atoms with Crippen molar-refractivity contribution in [2.24, 2.45) is 0 Å². The molecule has 0 aliphatic rings. The van der Waals surface area contributed by atoms with E-state index < -0.39 is 0 Å². The quantitative estimate of drug-likeness (QED) is 0.302. The van der Waals surface area contributed by atoms with Crippen molar-refractivity contribution in [3.8, 4) is 17.8 Å². The van der Waals surface area contributed by atoms with E-state index in [1.54, 1.807) is 29.5 Å². The summed E-state index contributed by atoms with van der Waals surface area (Å²) in [6.07, 6.45) is 0. The van der Waals surface area contributed by atoms with Gasteiger partial charge in [0.05, 0.1) is 32.5 Å². The summed E-state index contributed by atoms with van der Waals surface area (Å²) >= 11 is 1.76. The third-order valence-corrected chi connectivity index (χ3v) is 6.87. The number of benzene rings is 4. The van der Waals surface area contributed by atoms with Gasteiger partial charge in [-0.05, 0) is 24.3 Å². The Balaban J connectivity index is 1.94. The fourth-order valence-electron chi connectivity index (χ4n) is 4.43. The second-order valence-electron chi connectivity index (χ2n) is 7.21. The van der Waals surface area contributed by atoms with Gasteiger partial charge in [0.2, 0.25) is 0 Å². The second kappa shape index (κ2) is 6.19. The highest BCUT2D eigenvalue weighted by Crippen LogP contribution is 2.43. The molecule has 3 nitrogen and oxygen atoms in total. The molecule has 0 aliphatic heterocycles. The highest BCUT2D eigenvalue weighted by molar-refractivity contribution is 7.26. The van der Waals surface area contributed by atoms with E-state index in [-0.39, 0.29) is 0 Å². The first kappa shape index (κ1) is 16.8. The van der Waals surface area contributed by atoms with Crippen LogP contribution in [-0.4, -0.2) is 4.57 Å². The molecular formula is C26H13N3S. The maximum absolute atomic E-state index is 9.84. The Morgan fingerprint density at radius 3 is 2.07 bits per heavy atom. The first-order valence-corrected chi connectivity index (χ1v) is 10.4. The average Bonchev–Trinajstić information content (AvgIpc) is 3.34. The van der Waals surface area contributed by atoms with Crippen LogP contribution in [0.4, 0.5) is 0 Å². The lowest BCUT2D eigenvalue weighted by atomic mass is 10.1. The Labute approximate surface area is 176 Å². The number of nitrogens with zero attached hydrogens (tertiary/aromatic N) is 3. The number of rotatable bonds is 1. The Hall–Kier alpha value is -4.12. The van der Waals surface area contributed by atoms with Crippen molar-refractivity contribution in [1.29, 1.82) is 10.5 Å². The first-order valence-electron chi connectivity index (χ1n) is 9.59. The molecule has 0 spiro atoms. The molecule has 2 aromatic heterocycles. The molecule has 0 amide bonds. The molecule has 0 aliphatic carbocycles. The first-order chi connectivity index (χ1) is 14.8. The molecule has 4 heteroatoms. The largest absolute Gasteiger partial charge is 0.305 e. The molecule has 0 fully saturated rings. The minimum Gasteiger partial charge on any atom is -0.305 e. The summed E-state index contributed by atoms with van der Waals surface area (Å²) in [4.78, 5) is 0. The topological polar surface area (TPSA) is 52.5 Å². The highest BCUT2D eigenvalue weighted by atomic mass is 32.1. The molecule has 6 rings (SSSR count). The van der Waals surface area contributed by atoms with Gasteiger partial charge in [0, 0.05) is 26.2 Å². The molecule has 2 heterocycles. The van der Waals surface area contributed by atoms with Crippen LogP contribution in [0.25, 0.3) is 47.7 Å². The summed E-state index contributed by atoms with van der Waals surface area (Å²) < 4.78 is 4.51. The third kappa shape index (κ3) is 2.12. The van der Waals surface area contributed by atoms with E-state index in [4.69, 9.17) is 0 Å². The Bertz CT molecular complexity index is 1690. The lowest BCUT2D eigenvalue weighted by Gasteiger charge is -2.12. The molecule has 4 aromatic carbocycles. The van der Waals surface area contributed by atoms with E-state index in [2.05, 4.69) is 65.2 Å². The van der Waals surface area contributed by atoms with Gasteiger partial charge in [-0.3, -0.25) is 0 Å². The summed E-state index contributed by atoms with van der Waals surface area (Å²) in [5.74, 6) is 0. The second-order valence-corrected chi connectivity index (χ2v) is 8.27. The van der Waals surface area contributed by atoms with Crippen molar-refractivity contribution in [3.63, 3.8) is 0 Å². The summed E-state index contributed by atoms with van der Waals surface area (Å²) in [5.41, 5.74) is 3.69. The van der Waals surface area contributed by atoms with E-state index in [0.29, 0.717) is 16.8 Å². The number of thiophene rings is 1. The van der Waals surface area contributed by atoms with Crippen LogP contribution in [0.5, 0.6) is 0 Å². The zero-order valence-electron chi connectivity index (χ0n) is 15.8. The SMILES string of the molecule is N#Cc1cccc(C#N)c1-n1c2ccccc2c2ccc3c4ccccc4sc3c21. The van der Waals surface area contributed by atoms with Gasteiger partial charge in [0.15, 0.2) is 0 Å². The van der Waals surface area contributed by atoms with E-state index >= 15 is 0 Å². The lowest BCUT2D eigenvalue weighted by Crippen LogP contribution is -2.01. The van der Waals surface area contributed by atoms with E-state index in [9.17, 15) is 10.5 Å². The zero-order valence-corrected chi connectivity index (χ0v) is 16.6. The molecule has 0 saturated heterocycles. The molecule has 6 aromatic rings. The predicted octanol–water partition coefficient (Wildman–Crippen LogP) is 6.89. The predicted molar refractivity (Wildman–Crippen MR) is 123 cm³/mol. The number of nitriles is 2. The number of para-hydroxylation sites is 2. The Kier molecular flexibility index (Phi) is 3.47. The summed E-state index contributed by atoms with van der Waals surface area (Å²) in [7, 11) is 0. The van der Waals surface area contributed by atoms with E-state index in [1.807, 2.05) is 12.1 Å². The van der Waals surface area contributed by atoms with Crippen molar-refractivity contribution < 1.29 is 0 Å². The Morgan fingerprint density at radius 2 is 1.30 bits per heavy atom. The Morgan fingerprint density at radius 1 is 0.633 bits per heavy atom. The minimum absolute atomic E-state index is 0.495. The van der Waals surface area contributed by atoms with Crippen molar-refractivity contribution in [3.05, 3.63) is 90.0 Å². The fourth-order valence-corrected chi connectivity index (χ4v) is 5.67. The van der Waals surface area contributed by atoms with Crippen molar-refractivity contribution in [2.75, 3.05) is 0 Å². The van der Waals surface area contributed by atoms with Crippen molar-refractivity contribution in [1.82, 2.24) is 4.57 Å². The molecule has 138 valence electrons. The monoisotopic (exact) mass is 399 g/mol. The van der Waals surface area contributed by atoms with Crippen molar-refractivity contribution >= 4 is 53.3 Å². The van der Waals surface area contributed by atoms with Gasteiger partial charge in [0.1, 0.15) is 12.1 Å². The fraction of sp³-hybridized carbons (Fsp3) is 0. The number of hydrogen-bond acceptors (Lipinski definition) is 3. The minimum atomic E-state index is 0.495. The standard InChI is InChI=1S/C26H13N3S/c27-14-16-6-5-7-17(15-28)24(16)29-22-10-3-1-8-18(22)20-12-13-21-19-9-2-4-11-23(19)30-26(21)25(20)29/h1-13H. The van der Waals surface area contributed by atoms with Gasteiger partial charge in [-0.2, -0.15) is 10.5 Å². The van der Waals surface area contributed by atoms with Crippen LogP contribution < -0.4 is 0 Å². The van der Waals surface area contributed by atoms with Gasteiger partial charge in [0.25, 0.3) is 0 Å². The van der Waals surface area contributed by atoms with E-state index in [1.165, 1.54) is 20.2 Å². The normalized spacial score (nSPS) is 11.3. The number of aromatic nitrogens is 1. The van der Waals surface area contributed by atoms with Gasteiger partial charge in [-0.15, -0.1) is 11.3 Å². The van der Waals surface area contributed by atoms with Gasteiger partial charge >= 0.3 is 0 Å². The van der Waals surface area contributed by atoms with Crippen LogP contribution >= 0.6 is 11.3 Å². The summed E-state index contributed by atoms with van der Waals surface area (Å²) in [6.45, 7) is 0. The van der Waals surface area contributed by atoms with Gasteiger partial charge in [-0.1, -0.05) is 54.6 Å². The third-order valence-electron chi connectivity index (χ3n) is 5.68. The zero-order chi connectivity index (χ0) is 20.2. The molecule has 0 radical (unpaired) electrons. The number of hydrogen-bond donors (Lipinski definition) is 0. The van der Waals surface area contributed by atoms with Crippen LogP contribution in [0.15, 0.2) is 78.9 Å². The van der Waals surface area contributed by atoms with Gasteiger partial charge < -0.3 is 4.57 Å². The molecular weight excluding hydrogens is 386 g/mol. The van der Waals surface area contributed by atoms with Crippen LogP contribution in [0.3, 0.4) is 0 Å². The summed E-state index contributed by atoms with van der Waals surface area (Å²) in [5, 5.41) is 24.3. The maximum atomic E-state index is 9.84. The molecule has 0 unspecified atom stereocenters. The van der Waals surface area contributed by atoms with Crippen LogP contribution in [0.2, 0.25) is 0 Å². The molecule has 0 N–H and O–H groups in total. The van der Waals surface area contributed by atoms with Crippen LogP contribution in [-0.2, 0) is 0 Å². The van der Waals surface area contributed by atoms with Crippen molar-refractivity contribution in [2.45, 2.75) is 0 Å². The van der Waals surface area contributed by atoms with E-state index in [0.717, 1.165) is 21.8 Å². The highest BCUT2D eigenvalue weighted by Gasteiger charge is 2.20. The van der Waals surface area contributed by atoms with Crippen LogP contribution in [0.1, 0.15) is 11.1 Å². The maximum Gasteiger partial charge on any atom is 0.101 e. The van der Waals surface area contributed by atoms with Crippen LogP contribution in [0, 0.1) is 22.7 Å². The van der Waals surface area contributed by atoms with Gasteiger partial charge in [-0.25, -0.2) is 0 Å². The molecule has 30 heavy (non-hydrogen) atoms. The summed E-state index contributed by atoms with van der Waals surface area (Å²) in [6, 6.07) is 30.9.